The van der Waals surface area contributed by atoms with Gasteiger partial charge in [-0.15, -0.1) is 0 Å². The first-order chi connectivity index (χ1) is 4.54. The van der Waals surface area contributed by atoms with Crippen molar-refractivity contribution in [1.29, 1.82) is 0 Å². The van der Waals surface area contributed by atoms with E-state index < -0.39 is 0 Å². The number of rotatable bonds is 2. The van der Waals surface area contributed by atoms with Gasteiger partial charge >= 0.3 is 0 Å². The summed E-state index contributed by atoms with van der Waals surface area (Å²) in [6, 6.07) is 0. The molecule has 0 fully saturated rings. The highest BCUT2D eigenvalue weighted by Crippen LogP contribution is 1.97. The summed E-state index contributed by atoms with van der Waals surface area (Å²) >= 11 is 0. The molecule has 2 nitrogen and oxygen atoms in total. The first-order valence-electron chi connectivity index (χ1n) is 3.64. The number of hydrogen-bond acceptors (Lipinski definition) is 2. The van der Waals surface area contributed by atoms with Crippen molar-refractivity contribution in [2.75, 3.05) is 6.61 Å². The van der Waals surface area contributed by atoms with Crippen LogP contribution in [0.1, 0.15) is 34.1 Å². The third kappa shape index (κ3) is 25.5. The number of ketones is 1. The normalized spacial score (nSPS) is 8.60. The van der Waals surface area contributed by atoms with Crippen LogP contribution in [0.25, 0.3) is 0 Å². The van der Waals surface area contributed by atoms with Crippen molar-refractivity contribution in [3.8, 4) is 0 Å². The van der Waals surface area contributed by atoms with Crippen LogP contribution in [0, 0.1) is 5.92 Å². The van der Waals surface area contributed by atoms with Crippen molar-refractivity contribution in [2.45, 2.75) is 34.1 Å². The van der Waals surface area contributed by atoms with Crippen molar-refractivity contribution < 1.29 is 9.90 Å². The second-order valence-corrected chi connectivity index (χ2v) is 2.62. The van der Waals surface area contributed by atoms with Gasteiger partial charge in [0.2, 0.25) is 0 Å². The van der Waals surface area contributed by atoms with Gasteiger partial charge in [-0.3, -0.25) is 0 Å². The Balaban J connectivity index is 0. The Bertz CT molecular complexity index is 77.3. The van der Waals surface area contributed by atoms with E-state index in [1.807, 2.05) is 13.8 Å². The maximum absolute atomic E-state index is 10.3. The van der Waals surface area contributed by atoms with E-state index in [0.717, 1.165) is 6.42 Å². The van der Waals surface area contributed by atoms with Gasteiger partial charge in [-0.1, -0.05) is 13.8 Å². The van der Waals surface area contributed by atoms with E-state index in [1.165, 1.54) is 0 Å². The molecule has 1 N–H and O–H groups in total. The second kappa shape index (κ2) is 8.63. The fourth-order valence-electron chi connectivity index (χ4n) is 0.575. The summed E-state index contributed by atoms with van der Waals surface area (Å²) in [4.78, 5) is 10.3. The van der Waals surface area contributed by atoms with E-state index in [-0.39, 0.29) is 12.4 Å². The van der Waals surface area contributed by atoms with Crippen LogP contribution in [-0.4, -0.2) is 17.5 Å². The van der Waals surface area contributed by atoms with Crippen molar-refractivity contribution in [1.82, 2.24) is 0 Å². The van der Waals surface area contributed by atoms with Crippen LogP contribution in [0.2, 0.25) is 0 Å². The molecule has 62 valence electrons. The van der Waals surface area contributed by atoms with E-state index in [1.54, 1.807) is 13.8 Å². The van der Waals surface area contributed by atoms with Crippen molar-refractivity contribution >= 4 is 5.78 Å². The first kappa shape index (κ1) is 12.3. The molecular weight excluding hydrogens is 128 g/mol. The SMILES string of the molecule is CC(=O)CC(C)C.CCO. The zero-order valence-electron chi connectivity index (χ0n) is 7.35. The molecule has 0 saturated carbocycles. The maximum atomic E-state index is 10.3. The second-order valence-electron chi connectivity index (χ2n) is 2.62. The molecule has 2 heteroatoms. The summed E-state index contributed by atoms with van der Waals surface area (Å²) in [5, 5.41) is 7.57. The zero-order chi connectivity index (χ0) is 8.57. The lowest BCUT2D eigenvalue weighted by molar-refractivity contribution is -0.117. The average Bonchev–Trinajstić information content (AvgIpc) is 1.62. The van der Waals surface area contributed by atoms with Crippen LogP contribution in [0.3, 0.4) is 0 Å². The van der Waals surface area contributed by atoms with Gasteiger partial charge in [0.25, 0.3) is 0 Å². The first-order valence-corrected chi connectivity index (χ1v) is 3.64. The summed E-state index contributed by atoms with van der Waals surface area (Å²) in [6.45, 7) is 7.64. The molecule has 0 saturated heterocycles. The highest BCUT2D eigenvalue weighted by molar-refractivity contribution is 5.75. The largest absolute Gasteiger partial charge is 0.397 e. The Morgan fingerprint density at radius 1 is 1.50 bits per heavy atom. The van der Waals surface area contributed by atoms with E-state index >= 15 is 0 Å². The smallest absolute Gasteiger partial charge is 0.130 e. The van der Waals surface area contributed by atoms with Crippen LogP contribution in [0.15, 0.2) is 0 Å². The van der Waals surface area contributed by atoms with Crippen LogP contribution in [0.4, 0.5) is 0 Å². The number of aliphatic hydroxyl groups is 1. The minimum atomic E-state index is 0.250. The van der Waals surface area contributed by atoms with E-state index in [4.69, 9.17) is 5.11 Å². The molecule has 0 unspecified atom stereocenters. The summed E-state index contributed by atoms with van der Waals surface area (Å²) in [5.74, 6) is 0.813. The molecule has 0 heterocycles. The molecule has 0 aliphatic rings. The summed E-state index contributed by atoms with van der Waals surface area (Å²) in [6.07, 6.45) is 0.722. The lowest BCUT2D eigenvalue weighted by atomic mass is 10.1. The molecule has 0 rings (SSSR count). The molecule has 0 radical (unpaired) electrons. The molecule has 0 aromatic rings. The van der Waals surface area contributed by atoms with Crippen LogP contribution < -0.4 is 0 Å². The lowest BCUT2D eigenvalue weighted by Gasteiger charge is -1.95. The molecular formula is C8H18O2. The molecule has 0 atom stereocenters. The Labute approximate surface area is 63.3 Å². The van der Waals surface area contributed by atoms with Gasteiger partial charge in [-0.2, -0.15) is 0 Å². The number of carbonyl (C=O) groups excluding carboxylic acids is 1. The number of aliphatic hydroxyl groups excluding tert-OH is 1. The van der Waals surface area contributed by atoms with Gasteiger partial charge < -0.3 is 9.90 Å². The molecule has 10 heavy (non-hydrogen) atoms. The lowest BCUT2D eigenvalue weighted by Crippen LogP contribution is -1.95. The van der Waals surface area contributed by atoms with Gasteiger partial charge in [0.1, 0.15) is 5.78 Å². The fourth-order valence-corrected chi connectivity index (χ4v) is 0.575. The van der Waals surface area contributed by atoms with Gasteiger partial charge in [-0.05, 0) is 19.8 Å². The van der Waals surface area contributed by atoms with Gasteiger partial charge in [0.05, 0.1) is 0 Å². The predicted molar refractivity (Wildman–Crippen MR) is 42.9 cm³/mol. The van der Waals surface area contributed by atoms with E-state index in [9.17, 15) is 4.79 Å². The Kier molecular flexibility index (Phi) is 10.6. The number of hydrogen-bond donors (Lipinski definition) is 1. The van der Waals surface area contributed by atoms with Crippen molar-refractivity contribution in [3.63, 3.8) is 0 Å². The quantitative estimate of drug-likeness (QED) is 0.642. The van der Waals surface area contributed by atoms with E-state index in [2.05, 4.69) is 0 Å². The van der Waals surface area contributed by atoms with Gasteiger partial charge in [0.15, 0.2) is 0 Å². The van der Waals surface area contributed by atoms with Crippen molar-refractivity contribution in [2.24, 2.45) is 5.92 Å². The zero-order valence-corrected chi connectivity index (χ0v) is 7.35. The van der Waals surface area contributed by atoms with Crippen LogP contribution >= 0.6 is 0 Å². The third-order valence-electron chi connectivity index (χ3n) is 0.696. The fraction of sp³-hybridized carbons (Fsp3) is 0.875. The average molecular weight is 146 g/mol. The molecule has 0 aromatic heterocycles. The number of carbonyl (C=O) groups is 1. The van der Waals surface area contributed by atoms with Gasteiger partial charge in [0, 0.05) is 13.0 Å². The highest BCUT2D eigenvalue weighted by Gasteiger charge is 1.95. The highest BCUT2D eigenvalue weighted by atomic mass is 16.2. The Morgan fingerprint density at radius 2 is 1.80 bits per heavy atom. The summed E-state index contributed by atoms with van der Waals surface area (Å²) < 4.78 is 0. The summed E-state index contributed by atoms with van der Waals surface area (Å²) in [5.41, 5.74) is 0. The molecule has 0 amide bonds. The molecule has 0 spiro atoms. The Hall–Kier alpha value is -0.370. The van der Waals surface area contributed by atoms with Crippen LogP contribution in [0.5, 0.6) is 0 Å². The maximum Gasteiger partial charge on any atom is 0.130 e. The summed E-state index contributed by atoms with van der Waals surface area (Å²) in [7, 11) is 0. The molecule has 0 aromatic carbocycles. The van der Waals surface area contributed by atoms with Gasteiger partial charge in [-0.25, -0.2) is 0 Å². The topological polar surface area (TPSA) is 37.3 Å². The Morgan fingerprint density at radius 3 is 1.80 bits per heavy atom. The number of Topliss-reactive ketones (excluding diaryl/α,β-unsaturated/α-hetero) is 1. The third-order valence-corrected chi connectivity index (χ3v) is 0.696. The monoisotopic (exact) mass is 146 g/mol. The van der Waals surface area contributed by atoms with Crippen LogP contribution in [-0.2, 0) is 4.79 Å². The molecule has 0 aliphatic carbocycles. The molecule has 0 aliphatic heterocycles. The van der Waals surface area contributed by atoms with E-state index in [0.29, 0.717) is 5.92 Å². The van der Waals surface area contributed by atoms with Crippen molar-refractivity contribution in [3.05, 3.63) is 0 Å². The minimum Gasteiger partial charge on any atom is -0.397 e. The standard InChI is InChI=1S/C6H12O.C2H6O/c1-5(2)4-6(3)7;1-2-3/h5H,4H2,1-3H3;3H,2H2,1H3. The minimum absolute atomic E-state index is 0.250. The molecule has 0 bridgehead atoms. The predicted octanol–water partition coefficient (Wildman–Crippen LogP) is 1.62.